The van der Waals surface area contributed by atoms with E-state index in [1.54, 1.807) is 0 Å². The Hall–Kier alpha value is -0.550. The molecule has 0 aliphatic heterocycles. The molecule has 0 amide bonds. The van der Waals surface area contributed by atoms with Crippen LogP contribution in [0.5, 0.6) is 0 Å². The van der Waals surface area contributed by atoms with E-state index >= 15 is 0 Å². The molecule has 1 rings (SSSR count). The smallest absolute Gasteiger partial charge is 0.0655 e. The fourth-order valence-corrected chi connectivity index (χ4v) is 1.98. The molecule has 2 heteroatoms. The quantitative estimate of drug-likeness (QED) is 0.673. The minimum atomic E-state index is 0.212. The first-order valence-corrected chi connectivity index (χ1v) is 5.18. The Kier molecular flexibility index (Phi) is 3.33. The maximum Gasteiger partial charge on any atom is 0.0655 e. The number of nitrogens with one attached hydrogen (secondary N) is 1. The van der Waals surface area contributed by atoms with E-state index in [1.165, 1.54) is 0 Å². The Bertz CT molecular complexity index is 189. The van der Waals surface area contributed by atoms with Gasteiger partial charge in [0.15, 0.2) is 0 Å². The molecule has 0 aromatic rings. The van der Waals surface area contributed by atoms with Crippen LogP contribution >= 0.6 is 0 Å². The van der Waals surface area contributed by atoms with Gasteiger partial charge in [-0.05, 0) is 46.5 Å². The molecule has 0 bridgehead atoms. The normalized spacial score (nSPS) is 29.7. The van der Waals surface area contributed by atoms with Crippen molar-refractivity contribution >= 4 is 0 Å². The fourth-order valence-electron chi connectivity index (χ4n) is 1.98. The van der Waals surface area contributed by atoms with E-state index in [-0.39, 0.29) is 5.54 Å². The number of nitriles is 1. The molecule has 0 aromatic carbocycles. The second-order valence-corrected chi connectivity index (χ2v) is 5.07. The second-order valence-electron chi connectivity index (χ2n) is 5.07. The van der Waals surface area contributed by atoms with Crippen LogP contribution in [0.3, 0.4) is 0 Å². The number of rotatable bonds is 1. The van der Waals surface area contributed by atoms with Gasteiger partial charge in [-0.15, -0.1) is 0 Å². The van der Waals surface area contributed by atoms with E-state index in [4.69, 9.17) is 5.26 Å². The van der Waals surface area contributed by atoms with Crippen LogP contribution in [-0.4, -0.2) is 11.6 Å². The largest absolute Gasteiger partial charge is 0.309 e. The summed E-state index contributed by atoms with van der Waals surface area (Å²) in [5.41, 5.74) is 0.212. The van der Waals surface area contributed by atoms with E-state index in [9.17, 15) is 0 Å². The van der Waals surface area contributed by atoms with E-state index in [0.29, 0.717) is 12.0 Å². The van der Waals surface area contributed by atoms with Crippen molar-refractivity contribution in [3.63, 3.8) is 0 Å². The lowest BCUT2D eigenvalue weighted by molar-refractivity contribution is 0.274. The van der Waals surface area contributed by atoms with E-state index in [0.717, 1.165) is 25.7 Å². The molecule has 1 aliphatic carbocycles. The molecule has 1 fully saturated rings. The highest BCUT2D eigenvalue weighted by atomic mass is 15.0. The Morgan fingerprint density at radius 2 is 1.69 bits per heavy atom. The average Bonchev–Trinajstić information content (AvgIpc) is 2.03. The van der Waals surface area contributed by atoms with Crippen molar-refractivity contribution in [2.45, 2.75) is 58.0 Å². The van der Waals surface area contributed by atoms with Crippen molar-refractivity contribution < 1.29 is 0 Å². The van der Waals surface area contributed by atoms with Gasteiger partial charge in [-0.2, -0.15) is 5.26 Å². The lowest BCUT2D eigenvalue weighted by Gasteiger charge is -2.32. The molecule has 0 radical (unpaired) electrons. The maximum atomic E-state index is 8.74. The van der Waals surface area contributed by atoms with Gasteiger partial charge in [0.25, 0.3) is 0 Å². The third-order valence-electron chi connectivity index (χ3n) is 2.55. The van der Waals surface area contributed by atoms with Crippen molar-refractivity contribution in [3.8, 4) is 6.07 Å². The summed E-state index contributed by atoms with van der Waals surface area (Å²) in [6.07, 6.45) is 4.47. The lowest BCUT2D eigenvalue weighted by Crippen LogP contribution is -2.45. The van der Waals surface area contributed by atoms with Crippen LogP contribution in [-0.2, 0) is 0 Å². The predicted molar refractivity (Wildman–Crippen MR) is 54.2 cm³/mol. The van der Waals surface area contributed by atoms with Gasteiger partial charge in [0.05, 0.1) is 6.07 Å². The van der Waals surface area contributed by atoms with Crippen LogP contribution in [0.25, 0.3) is 0 Å². The Balaban J connectivity index is 2.30. The molecule has 2 nitrogen and oxygen atoms in total. The van der Waals surface area contributed by atoms with Crippen LogP contribution in [0.15, 0.2) is 0 Å². The summed E-state index contributed by atoms with van der Waals surface area (Å²) in [4.78, 5) is 0. The summed E-state index contributed by atoms with van der Waals surface area (Å²) >= 11 is 0. The van der Waals surface area contributed by atoms with Crippen LogP contribution < -0.4 is 5.32 Å². The fraction of sp³-hybridized carbons (Fsp3) is 0.909. The van der Waals surface area contributed by atoms with Gasteiger partial charge >= 0.3 is 0 Å². The Morgan fingerprint density at radius 1 is 1.15 bits per heavy atom. The maximum absolute atomic E-state index is 8.74. The van der Waals surface area contributed by atoms with Crippen LogP contribution in [0.2, 0.25) is 0 Å². The van der Waals surface area contributed by atoms with Crippen LogP contribution in [0, 0.1) is 17.2 Å². The first kappa shape index (κ1) is 10.5. The molecule has 0 spiro atoms. The van der Waals surface area contributed by atoms with Gasteiger partial charge in [-0.3, -0.25) is 0 Å². The van der Waals surface area contributed by atoms with Crippen LogP contribution in [0.4, 0.5) is 0 Å². The van der Waals surface area contributed by atoms with Gasteiger partial charge in [-0.1, -0.05) is 0 Å². The SMILES string of the molecule is CC(C)(C)NC1CCC(C#N)CC1. The first-order chi connectivity index (χ1) is 6.01. The average molecular weight is 180 g/mol. The summed E-state index contributed by atoms with van der Waals surface area (Å²) in [6, 6.07) is 2.99. The zero-order chi connectivity index (χ0) is 9.90. The van der Waals surface area contributed by atoms with Gasteiger partial charge in [-0.25, -0.2) is 0 Å². The van der Waals surface area contributed by atoms with Crippen molar-refractivity contribution in [1.29, 1.82) is 5.26 Å². The lowest BCUT2D eigenvalue weighted by atomic mass is 9.86. The summed E-state index contributed by atoms with van der Waals surface area (Å²) in [5, 5.41) is 12.3. The van der Waals surface area contributed by atoms with E-state index < -0.39 is 0 Å². The molecule has 1 aliphatic rings. The highest BCUT2D eigenvalue weighted by Crippen LogP contribution is 2.24. The minimum Gasteiger partial charge on any atom is -0.309 e. The molecular weight excluding hydrogens is 160 g/mol. The second kappa shape index (κ2) is 4.11. The summed E-state index contributed by atoms with van der Waals surface area (Å²) in [6.45, 7) is 6.59. The van der Waals surface area contributed by atoms with E-state index in [1.807, 2.05) is 0 Å². The third kappa shape index (κ3) is 3.78. The number of hydrogen-bond donors (Lipinski definition) is 1. The Labute approximate surface area is 81.3 Å². The van der Waals surface area contributed by atoms with Gasteiger partial charge < -0.3 is 5.32 Å². The minimum absolute atomic E-state index is 0.212. The summed E-state index contributed by atoms with van der Waals surface area (Å²) in [7, 11) is 0. The van der Waals surface area contributed by atoms with Crippen molar-refractivity contribution in [2.75, 3.05) is 0 Å². The highest BCUT2D eigenvalue weighted by Gasteiger charge is 2.23. The van der Waals surface area contributed by atoms with E-state index in [2.05, 4.69) is 32.2 Å². The molecule has 0 aromatic heterocycles. The summed E-state index contributed by atoms with van der Waals surface area (Å²) in [5.74, 6) is 0.318. The zero-order valence-corrected chi connectivity index (χ0v) is 8.93. The standard InChI is InChI=1S/C11H20N2/c1-11(2,3)13-10-6-4-9(8-12)5-7-10/h9-10,13H,4-7H2,1-3H3. The highest BCUT2D eigenvalue weighted by molar-refractivity contribution is 4.90. The third-order valence-corrected chi connectivity index (χ3v) is 2.55. The molecule has 0 unspecified atom stereocenters. The van der Waals surface area contributed by atoms with Crippen molar-refractivity contribution in [2.24, 2.45) is 5.92 Å². The first-order valence-electron chi connectivity index (χ1n) is 5.18. The molecular formula is C11H20N2. The van der Waals surface area contributed by atoms with Gasteiger partial charge in [0, 0.05) is 17.5 Å². The molecule has 0 atom stereocenters. The van der Waals surface area contributed by atoms with Crippen molar-refractivity contribution in [3.05, 3.63) is 0 Å². The predicted octanol–water partition coefficient (Wildman–Crippen LogP) is 2.46. The molecule has 0 heterocycles. The Morgan fingerprint density at radius 3 is 2.08 bits per heavy atom. The van der Waals surface area contributed by atoms with Crippen molar-refractivity contribution in [1.82, 2.24) is 5.32 Å². The van der Waals surface area contributed by atoms with Gasteiger partial charge in [0.2, 0.25) is 0 Å². The number of nitrogens with zero attached hydrogens (tertiary/aromatic N) is 1. The number of hydrogen-bond acceptors (Lipinski definition) is 2. The zero-order valence-electron chi connectivity index (χ0n) is 8.93. The van der Waals surface area contributed by atoms with Gasteiger partial charge in [0.1, 0.15) is 0 Å². The monoisotopic (exact) mass is 180 g/mol. The molecule has 74 valence electrons. The molecule has 0 saturated heterocycles. The topological polar surface area (TPSA) is 35.8 Å². The molecule has 1 N–H and O–H groups in total. The summed E-state index contributed by atoms with van der Waals surface area (Å²) < 4.78 is 0. The molecule has 1 saturated carbocycles. The van der Waals surface area contributed by atoms with Crippen LogP contribution in [0.1, 0.15) is 46.5 Å². The molecule has 13 heavy (non-hydrogen) atoms.